The minimum absolute atomic E-state index is 0.284. The maximum Gasteiger partial charge on any atom is 0.331 e. The van der Waals surface area contributed by atoms with Crippen LogP contribution in [0.5, 0.6) is 0 Å². The highest BCUT2D eigenvalue weighted by atomic mass is 16.4. The summed E-state index contributed by atoms with van der Waals surface area (Å²) in [4.78, 5) is 21.2. The molecule has 0 aromatic heterocycles. The van der Waals surface area contributed by atoms with Crippen molar-refractivity contribution in [3.63, 3.8) is 0 Å². The summed E-state index contributed by atoms with van der Waals surface area (Å²) >= 11 is 0. The molecule has 0 saturated carbocycles. The van der Waals surface area contributed by atoms with Crippen molar-refractivity contribution in [2.24, 2.45) is 0 Å². The molecule has 0 radical (unpaired) electrons. The largest absolute Gasteiger partial charge is 0.478 e. The van der Waals surface area contributed by atoms with Crippen molar-refractivity contribution < 1.29 is 19.8 Å². The van der Waals surface area contributed by atoms with Crippen LogP contribution in [-0.2, 0) is 9.59 Å². The molecular formula is C20H24O4. The highest BCUT2D eigenvalue weighted by Crippen LogP contribution is 2.01. The van der Waals surface area contributed by atoms with Gasteiger partial charge in [0.15, 0.2) is 0 Å². The number of aliphatic carboxylic acids is 2. The molecule has 0 aliphatic rings. The Morgan fingerprint density at radius 3 is 1.21 bits per heavy atom. The smallest absolute Gasteiger partial charge is 0.331 e. The van der Waals surface area contributed by atoms with Gasteiger partial charge >= 0.3 is 11.9 Å². The molecule has 4 heteroatoms. The lowest BCUT2D eigenvalue weighted by atomic mass is 10.2. The topological polar surface area (TPSA) is 74.6 Å². The molecule has 0 bridgehead atoms. The van der Waals surface area contributed by atoms with E-state index in [-0.39, 0.29) is 11.1 Å². The molecule has 0 aromatic rings. The standard InChI is InChI=1S/C20H24O4/c1-15(11-7-13-17(3)19(21)22)9-5-6-10-16(2)12-8-14-18(4)20(23)24/h5-14H,1-4H3,(H,21,22)(H,23,24)/b6-5+,11-7+,12-8+,15-9-,16-10+,17-13-,18-14+. The van der Waals surface area contributed by atoms with Crippen molar-refractivity contribution in [1.29, 1.82) is 0 Å². The van der Waals surface area contributed by atoms with Crippen LogP contribution in [0.4, 0.5) is 0 Å². The molecule has 4 nitrogen and oxygen atoms in total. The third kappa shape index (κ3) is 10.8. The quantitative estimate of drug-likeness (QED) is 0.504. The summed E-state index contributed by atoms with van der Waals surface area (Å²) in [5.74, 6) is -1.86. The zero-order valence-corrected chi connectivity index (χ0v) is 14.5. The van der Waals surface area contributed by atoms with Gasteiger partial charge in [-0.15, -0.1) is 0 Å². The van der Waals surface area contributed by atoms with Gasteiger partial charge in [0.2, 0.25) is 0 Å². The number of hydrogen-bond acceptors (Lipinski definition) is 2. The van der Waals surface area contributed by atoms with E-state index in [1.54, 1.807) is 38.2 Å². The molecule has 0 aliphatic heterocycles. The fourth-order valence-corrected chi connectivity index (χ4v) is 1.36. The first-order chi connectivity index (χ1) is 11.2. The van der Waals surface area contributed by atoms with Crippen molar-refractivity contribution in [3.8, 4) is 0 Å². The molecular weight excluding hydrogens is 304 g/mol. The second-order valence-corrected chi connectivity index (χ2v) is 5.23. The zero-order chi connectivity index (χ0) is 18.5. The fourth-order valence-electron chi connectivity index (χ4n) is 1.36. The maximum absolute atomic E-state index is 10.6. The van der Waals surface area contributed by atoms with E-state index in [2.05, 4.69) is 0 Å². The number of rotatable bonds is 8. The number of hydrogen-bond donors (Lipinski definition) is 2. The molecule has 0 saturated heterocycles. The number of carboxylic acid groups (broad SMARTS) is 2. The van der Waals surface area contributed by atoms with Crippen LogP contribution in [0.15, 0.2) is 83.1 Å². The fraction of sp³-hybridized carbons (Fsp3) is 0.200. The first-order valence-electron chi connectivity index (χ1n) is 7.42. The van der Waals surface area contributed by atoms with Crippen LogP contribution in [0, 0.1) is 0 Å². The minimum Gasteiger partial charge on any atom is -0.478 e. The van der Waals surface area contributed by atoms with E-state index in [4.69, 9.17) is 10.2 Å². The van der Waals surface area contributed by atoms with Crippen molar-refractivity contribution in [3.05, 3.63) is 83.1 Å². The van der Waals surface area contributed by atoms with Crippen molar-refractivity contribution in [1.82, 2.24) is 0 Å². The van der Waals surface area contributed by atoms with E-state index in [0.29, 0.717) is 0 Å². The summed E-state index contributed by atoms with van der Waals surface area (Å²) in [7, 11) is 0. The second-order valence-electron chi connectivity index (χ2n) is 5.23. The van der Waals surface area contributed by atoms with Gasteiger partial charge in [0, 0.05) is 11.1 Å². The normalized spacial score (nSPS) is 15.0. The van der Waals surface area contributed by atoms with Crippen LogP contribution in [0.2, 0.25) is 0 Å². The molecule has 0 aliphatic carbocycles. The highest BCUT2D eigenvalue weighted by Gasteiger charge is 1.96. The molecule has 0 unspecified atom stereocenters. The number of allylic oxidation sites excluding steroid dienone is 12. The van der Waals surface area contributed by atoms with E-state index in [0.717, 1.165) is 11.1 Å². The van der Waals surface area contributed by atoms with Crippen molar-refractivity contribution >= 4 is 11.9 Å². The van der Waals surface area contributed by atoms with Crippen LogP contribution < -0.4 is 0 Å². The Balaban J connectivity index is 4.63. The van der Waals surface area contributed by atoms with Crippen LogP contribution in [0.3, 0.4) is 0 Å². The first-order valence-corrected chi connectivity index (χ1v) is 7.42. The van der Waals surface area contributed by atoms with Gasteiger partial charge in [-0.3, -0.25) is 0 Å². The van der Waals surface area contributed by atoms with Gasteiger partial charge in [0.05, 0.1) is 0 Å². The summed E-state index contributed by atoms with van der Waals surface area (Å²) in [5, 5.41) is 17.4. The third-order valence-corrected chi connectivity index (χ3v) is 2.91. The molecule has 0 atom stereocenters. The van der Waals surface area contributed by atoms with Gasteiger partial charge in [-0.2, -0.15) is 0 Å². The Labute approximate surface area is 143 Å². The van der Waals surface area contributed by atoms with Gasteiger partial charge in [0.1, 0.15) is 0 Å². The summed E-state index contributed by atoms with van der Waals surface area (Å²) in [6, 6.07) is 0. The molecule has 2 N–H and O–H groups in total. The molecule has 128 valence electrons. The lowest BCUT2D eigenvalue weighted by molar-refractivity contribution is -0.133. The second kappa shape index (κ2) is 11.7. The Morgan fingerprint density at radius 1 is 0.583 bits per heavy atom. The van der Waals surface area contributed by atoms with Gasteiger partial charge in [-0.25, -0.2) is 9.59 Å². The van der Waals surface area contributed by atoms with Crippen LogP contribution in [-0.4, -0.2) is 22.2 Å². The monoisotopic (exact) mass is 328 g/mol. The van der Waals surface area contributed by atoms with Crippen molar-refractivity contribution in [2.45, 2.75) is 27.7 Å². The molecule has 0 heterocycles. The van der Waals surface area contributed by atoms with Crippen LogP contribution >= 0.6 is 0 Å². The lowest BCUT2D eigenvalue weighted by Crippen LogP contribution is -1.94. The van der Waals surface area contributed by atoms with Gasteiger partial charge in [-0.05, 0) is 27.7 Å². The number of carbonyl (C=O) groups is 2. The predicted molar refractivity (Wildman–Crippen MR) is 97.7 cm³/mol. The average Bonchev–Trinajstić information content (AvgIpc) is 2.51. The summed E-state index contributed by atoms with van der Waals surface area (Å²) in [5.41, 5.74) is 2.55. The average molecular weight is 328 g/mol. The summed E-state index contributed by atoms with van der Waals surface area (Å²) in [6.07, 6.45) is 17.7. The number of carboxylic acids is 2. The molecule has 0 spiro atoms. The Bertz CT molecular complexity index is 608. The lowest BCUT2D eigenvalue weighted by Gasteiger charge is -1.90. The Kier molecular flexibility index (Phi) is 10.3. The Morgan fingerprint density at radius 2 is 0.917 bits per heavy atom. The molecule has 0 amide bonds. The molecule has 0 fully saturated rings. The van der Waals surface area contributed by atoms with E-state index >= 15 is 0 Å². The molecule has 0 aromatic carbocycles. The molecule has 24 heavy (non-hydrogen) atoms. The van der Waals surface area contributed by atoms with Crippen LogP contribution in [0.1, 0.15) is 27.7 Å². The van der Waals surface area contributed by atoms with Crippen LogP contribution in [0.25, 0.3) is 0 Å². The third-order valence-electron chi connectivity index (χ3n) is 2.91. The summed E-state index contributed by atoms with van der Waals surface area (Å²) < 4.78 is 0. The van der Waals surface area contributed by atoms with E-state index in [9.17, 15) is 9.59 Å². The van der Waals surface area contributed by atoms with Gasteiger partial charge < -0.3 is 10.2 Å². The van der Waals surface area contributed by atoms with E-state index in [1.165, 1.54) is 0 Å². The maximum atomic E-state index is 10.6. The SMILES string of the molecule is CC(=C/C=C/C=C(C)/C=C/C=C(\C)C(=O)O)/C=C/C=C(/C)C(=O)O. The predicted octanol–water partition coefficient (Wildman–Crippen LogP) is 4.61. The van der Waals surface area contributed by atoms with Gasteiger partial charge in [-0.1, -0.05) is 71.9 Å². The molecule has 0 rings (SSSR count). The van der Waals surface area contributed by atoms with Gasteiger partial charge in [0.25, 0.3) is 0 Å². The van der Waals surface area contributed by atoms with E-state index in [1.807, 2.05) is 50.3 Å². The zero-order valence-electron chi connectivity index (χ0n) is 14.5. The van der Waals surface area contributed by atoms with E-state index < -0.39 is 11.9 Å². The summed E-state index contributed by atoms with van der Waals surface area (Å²) in [6.45, 7) is 6.92. The minimum atomic E-state index is -0.928. The highest BCUT2D eigenvalue weighted by molar-refractivity contribution is 5.86. The van der Waals surface area contributed by atoms with Crippen molar-refractivity contribution in [2.75, 3.05) is 0 Å². The Hall–Kier alpha value is -2.88. The first kappa shape index (κ1) is 21.1.